The number of carboxylic acids is 1. The molecule has 0 saturated carbocycles. The zero-order valence-corrected chi connectivity index (χ0v) is 21.5. The highest BCUT2D eigenvalue weighted by Gasteiger charge is 2.41. The molecule has 1 unspecified atom stereocenters. The number of rotatable bonds is 20. The molecule has 0 saturated heterocycles. The summed E-state index contributed by atoms with van der Waals surface area (Å²) in [5, 5.41) is 33.7. The molecule has 0 aliphatic rings. The second kappa shape index (κ2) is 23.3. The largest absolute Gasteiger partial charge is 0.481 e. The monoisotopic (exact) mass is 458 g/mol. The molecular weight excluding hydrogens is 404 g/mol. The molecular formula is C27H54O5. The van der Waals surface area contributed by atoms with Crippen LogP contribution in [0.25, 0.3) is 0 Å². The van der Waals surface area contributed by atoms with Crippen LogP contribution in [-0.4, -0.2) is 45.7 Å². The van der Waals surface area contributed by atoms with E-state index in [0.29, 0.717) is 5.92 Å². The molecule has 0 aromatic heterocycles. The maximum atomic E-state index is 11.8. The minimum atomic E-state index is -0.954. The molecule has 0 radical (unpaired) electrons. The number of carbonyl (C=O) groups is 1. The van der Waals surface area contributed by atoms with Gasteiger partial charge in [-0.25, -0.2) is 0 Å². The third-order valence-electron chi connectivity index (χ3n) is 6.70. The van der Waals surface area contributed by atoms with Crippen molar-refractivity contribution in [3.8, 4) is 0 Å². The van der Waals surface area contributed by atoms with Crippen LogP contribution in [0.5, 0.6) is 0 Å². The summed E-state index contributed by atoms with van der Waals surface area (Å²) in [6.45, 7) is 7.76. The SMILES string of the molecule is CCCCCCCC/C=C\CCCCCC(CC)C(CC)(CC)C(=O)O.OCC(O)CO. The molecule has 0 aromatic rings. The van der Waals surface area contributed by atoms with E-state index in [1.807, 2.05) is 13.8 Å². The van der Waals surface area contributed by atoms with Gasteiger partial charge in [-0.2, -0.15) is 0 Å². The Bertz CT molecular complexity index is 428. The van der Waals surface area contributed by atoms with Crippen LogP contribution in [0.15, 0.2) is 12.2 Å². The van der Waals surface area contributed by atoms with E-state index in [1.54, 1.807) is 0 Å². The molecule has 4 N–H and O–H groups in total. The van der Waals surface area contributed by atoms with Gasteiger partial charge in [-0.3, -0.25) is 4.79 Å². The molecule has 0 amide bonds. The maximum Gasteiger partial charge on any atom is 0.309 e. The molecule has 0 aliphatic heterocycles. The van der Waals surface area contributed by atoms with Crippen LogP contribution < -0.4 is 0 Å². The summed E-state index contributed by atoms with van der Waals surface area (Å²) < 4.78 is 0. The minimum absolute atomic E-state index is 0.318. The highest BCUT2D eigenvalue weighted by Crippen LogP contribution is 2.40. The van der Waals surface area contributed by atoms with Crippen LogP contribution in [0, 0.1) is 11.3 Å². The first-order valence-corrected chi connectivity index (χ1v) is 13.2. The Kier molecular flexibility index (Phi) is 24.2. The fraction of sp³-hybridized carbons (Fsp3) is 0.889. The molecule has 5 nitrogen and oxygen atoms in total. The van der Waals surface area contributed by atoms with Crippen LogP contribution in [0.3, 0.4) is 0 Å². The number of aliphatic hydroxyl groups excluding tert-OH is 3. The van der Waals surface area contributed by atoms with E-state index < -0.39 is 17.5 Å². The summed E-state index contributed by atoms with van der Waals surface area (Å²) in [7, 11) is 0. The van der Waals surface area contributed by atoms with Crippen molar-refractivity contribution in [2.75, 3.05) is 13.2 Å². The fourth-order valence-electron chi connectivity index (χ4n) is 4.34. The summed E-state index contributed by atoms with van der Waals surface area (Å²) in [6, 6.07) is 0. The van der Waals surface area contributed by atoms with E-state index in [4.69, 9.17) is 15.3 Å². The van der Waals surface area contributed by atoms with Gasteiger partial charge in [-0.15, -0.1) is 0 Å². The Labute approximate surface area is 198 Å². The smallest absolute Gasteiger partial charge is 0.309 e. The Hall–Kier alpha value is -0.910. The van der Waals surface area contributed by atoms with Gasteiger partial charge in [0.15, 0.2) is 0 Å². The summed E-state index contributed by atoms with van der Waals surface area (Å²) >= 11 is 0. The van der Waals surface area contributed by atoms with Gasteiger partial charge in [0, 0.05) is 0 Å². The Morgan fingerprint density at radius 3 is 1.62 bits per heavy atom. The van der Waals surface area contributed by atoms with Crippen LogP contribution in [0.4, 0.5) is 0 Å². The Morgan fingerprint density at radius 1 is 0.781 bits per heavy atom. The summed E-state index contributed by atoms with van der Waals surface area (Å²) in [6.07, 6.45) is 21.6. The highest BCUT2D eigenvalue weighted by atomic mass is 16.4. The molecule has 0 bridgehead atoms. The quantitative estimate of drug-likeness (QED) is 0.123. The Balaban J connectivity index is 0. The van der Waals surface area contributed by atoms with E-state index in [0.717, 1.165) is 25.7 Å². The molecule has 5 heteroatoms. The van der Waals surface area contributed by atoms with Gasteiger partial charge in [0.25, 0.3) is 0 Å². The average molecular weight is 459 g/mol. The van der Waals surface area contributed by atoms with Crippen molar-refractivity contribution in [2.45, 2.75) is 130 Å². The zero-order chi connectivity index (χ0) is 24.7. The Morgan fingerprint density at radius 2 is 1.25 bits per heavy atom. The number of hydrogen-bond acceptors (Lipinski definition) is 4. The van der Waals surface area contributed by atoms with E-state index in [1.165, 1.54) is 70.6 Å². The normalized spacial score (nSPS) is 12.8. The molecule has 0 fully saturated rings. The zero-order valence-electron chi connectivity index (χ0n) is 21.5. The van der Waals surface area contributed by atoms with Gasteiger partial charge >= 0.3 is 5.97 Å². The standard InChI is InChI=1S/C24H46O2.C3H8O3/c1-5-9-10-11-12-13-14-15-16-17-18-19-20-21-22(6-2)24(7-3,8-4)23(25)26;4-1-3(6)2-5/h15-16,22H,5-14,17-21H2,1-4H3,(H,25,26);3-6H,1-2H2/b16-15-;. The number of allylic oxidation sites excluding steroid dienone is 2. The van der Waals surface area contributed by atoms with E-state index in [2.05, 4.69) is 26.0 Å². The first kappa shape index (κ1) is 33.3. The van der Waals surface area contributed by atoms with Crippen molar-refractivity contribution in [3.05, 3.63) is 12.2 Å². The molecule has 0 aliphatic carbocycles. The summed E-state index contributed by atoms with van der Waals surface area (Å²) in [5.74, 6) is -0.273. The number of aliphatic carboxylic acids is 1. The van der Waals surface area contributed by atoms with E-state index in [9.17, 15) is 9.90 Å². The van der Waals surface area contributed by atoms with Gasteiger partial charge in [0.2, 0.25) is 0 Å². The van der Waals surface area contributed by atoms with Crippen LogP contribution in [-0.2, 0) is 4.79 Å². The van der Waals surface area contributed by atoms with Crippen molar-refractivity contribution >= 4 is 5.97 Å². The predicted octanol–water partition coefficient (Wildman–Crippen LogP) is 6.49. The van der Waals surface area contributed by atoms with Crippen LogP contribution >= 0.6 is 0 Å². The van der Waals surface area contributed by atoms with Gasteiger partial charge in [0.1, 0.15) is 6.10 Å². The van der Waals surface area contributed by atoms with Crippen molar-refractivity contribution in [2.24, 2.45) is 11.3 Å². The van der Waals surface area contributed by atoms with Crippen molar-refractivity contribution in [3.63, 3.8) is 0 Å². The lowest BCUT2D eigenvalue weighted by Gasteiger charge is -2.35. The fourth-order valence-corrected chi connectivity index (χ4v) is 4.34. The van der Waals surface area contributed by atoms with Gasteiger partial charge in [-0.1, -0.05) is 91.2 Å². The number of carboxylic acid groups (broad SMARTS) is 1. The van der Waals surface area contributed by atoms with Crippen molar-refractivity contribution in [1.82, 2.24) is 0 Å². The highest BCUT2D eigenvalue weighted by molar-refractivity contribution is 5.74. The second-order valence-corrected chi connectivity index (χ2v) is 8.96. The molecule has 192 valence electrons. The molecule has 0 rings (SSSR count). The van der Waals surface area contributed by atoms with Gasteiger partial charge in [-0.05, 0) is 50.9 Å². The van der Waals surface area contributed by atoms with Gasteiger partial charge < -0.3 is 20.4 Å². The lowest BCUT2D eigenvalue weighted by Crippen LogP contribution is -2.37. The predicted molar refractivity (Wildman–Crippen MR) is 135 cm³/mol. The van der Waals surface area contributed by atoms with Crippen molar-refractivity contribution in [1.29, 1.82) is 0 Å². The first-order valence-electron chi connectivity index (χ1n) is 13.2. The minimum Gasteiger partial charge on any atom is -0.481 e. The molecule has 32 heavy (non-hydrogen) atoms. The third kappa shape index (κ3) is 15.8. The number of aliphatic hydroxyl groups is 3. The summed E-state index contributed by atoms with van der Waals surface area (Å²) in [4.78, 5) is 11.8. The topological polar surface area (TPSA) is 98.0 Å². The van der Waals surface area contributed by atoms with Crippen LogP contribution in [0.1, 0.15) is 124 Å². The number of unbranched alkanes of at least 4 members (excludes halogenated alkanes) is 9. The second-order valence-electron chi connectivity index (χ2n) is 8.96. The lowest BCUT2D eigenvalue weighted by molar-refractivity contribution is -0.153. The van der Waals surface area contributed by atoms with Gasteiger partial charge in [0.05, 0.1) is 18.6 Å². The molecule has 1 atom stereocenters. The number of hydrogen-bond donors (Lipinski definition) is 4. The van der Waals surface area contributed by atoms with Crippen LogP contribution in [0.2, 0.25) is 0 Å². The lowest BCUT2D eigenvalue weighted by atomic mass is 9.68. The first-order chi connectivity index (χ1) is 15.4. The molecule has 0 heterocycles. The molecule has 0 aromatic carbocycles. The van der Waals surface area contributed by atoms with E-state index in [-0.39, 0.29) is 13.2 Å². The van der Waals surface area contributed by atoms with Crippen molar-refractivity contribution < 1.29 is 25.2 Å². The summed E-state index contributed by atoms with van der Waals surface area (Å²) in [5.41, 5.74) is -0.508. The van der Waals surface area contributed by atoms with E-state index >= 15 is 0 Å². The molecule has 0 spiro atoms. The average Bonchev–Trinajstić information content (AvgIpc) is 2.81. The maximum absolute atomic E-state index is 11.8. The third-order valence-corrected chi connectivity index (χ3v) is 6.70.